The van der Waals surface area contributed by atoms with E-state index in [1.54, 1.807) is 18.2 Å². The van der Waals surface area contributed by atoms with E-state index in [9.17, 15) is 4.79 Å². The molecule has 0 fully saturated rings. The Hall–Kier alpha value is -1.75. The van der Waals surface area contributed by atoms with E-state index in [-0.39, 0.29) is 18.6 Å². The monoisotopic (exact) mass is 381 g/mol. The van der Waals surface area contributed by atoms with Gasteiger partial charge in [0, 0.05) is 11.6 Å². The van der Waals surface area contributed by atoms with Gasteiger partial charge in [-0.3, -0.25) is 4.79 Å². The maximum absolute atomic E-state index is 11.9. The first-order chi connectivity index (χ1) is 11.9. The van der Waals surface area contributed by atoms with Crippen LogP contribution < -0.4 is 10.1 Å². The number of hydrogen-bond donors (Lipinski definition) is 1. The molecule has 4 nitrogen and oxygen atoms in total. The topological polar surface area (TPSA) is 47.6 Å². The Kier molecular flexibility index (Phi) is 7.56. The third kappa shape index (κ3) is 6.94. The molecule has 25 heavy (non-hydrogen) atoms. The second-order valence-corrected chi connectivity index (χ2v) is 6.66. The van der Waals surface area contributed by atoms with Crippen molar-refractivity contribution < 1.29 is 14.3 Å². The van der Waals surface area contributed by atoms with Crippen LogP contribution in [0.2, 0.25) is 10.0 Å². The van der Waals surface area contributed by atoms with E-state index in [4.69, 9.17) is 32.7 Å². The number of halogens is 2. The SMILES string of the molecule is CC(C)OCc1cccc(CNC(=O)COc2ccc(Cl)cc2Cl)c1. The number of rotatable bonds is 8. The number of amides is 1. The van der Waals surface area contributed by atoms with Crippen molar-refractivity contribution >= 4 is 29.1 Å². The maximum atomic E-state index is 11.9. The zero-order valence-electron chi connectivity index (χ0n) is 14.2. The molecule has 0 saturated heterocycles. The summed E-state index contributed by atoms with van der Waals surface area (Å²) in [6, 6.07) is 12.8. The van der Waals surface area contributed by atoms with Crippen LogP contribution in [0.4, 0.5) is 0 Å². The average molecular weight is 382 g/mol. The molecule has 134 valence electrons. The van der Waals surface area contributed by atoms with E-state index >= 15 is 0 Å². The summed E-state index contributed by atoms with van der Waals surface area (Å²) < 4.78 is 11.0. The van der Waals surface area contributed by atoms with Crippen molar-refractivity contribution in [2.45, 2.75) is 33.1 Å². The number of carbonyl (C=O) groups is 1. The van der Waals surface area contributed by atoms with Crippen LogP contribution in [0.1, 0.15) is 25.0 Å². The molecule has 0 heterocycles. The van der Waals surface area contributed by atoms with Crippen molar-refractivity contribution in [2.24, 2.45) is 0 Å². The number of carbonyl (C=O) groups excluding carboxylic acids is 1. The van der Waals surface area contributed by atoms with Gasteiger partial charge in [0.05, 0.1) is 17.7 Å². The summed E-state index contributed by atoms with van der Waals surface area (Å²) in [7, 11) is 0. The van der Waals surface area contributed by atoms with Crippen molar-refractivity contribution in [2.75, 3.05) is 6.61 Å². The summed E-state index contributed by atoms with van der Waals surface area (Å²) in [5, 5.41) is 3.71. The highest BCUT2D eigenvalue weighted by Gasteiger charge is 2.07. The molecule has 0 saturated carbocycles. The lowest BCUT2D eigenvalue weighted by Crippen LogP contribution is -2.28. The van der Waals surface area contributed by atoms with Gasteiger partial charge in [-0.25, -0.2) is 0 Å². The van der Waals surface area contributed by atoms with E-state index in [0.29, 0.717) is 28.9 Å². The third-order valence-electron chi connectivity index (χ3n) is 3.32. The zero-order chi connectivity index (χ0) is 18.2. The van der Waals surface area contributed by atoms with E-state index < -0.39 is 0 Å². The summed E-state index contributed by atoms with van der Waals surface area (Å²) in [5.74, 6) is 0.198. The average Bonchev–Trinajstić information content (AvgIpc) is 2.58. The molecule has 0 aromatic heterocycles. The smallest absolute Gasteiger partial charge is 0.258 e. The van der Waals surface area contributed by atoms with Crippen LogP contribution in [0.15, 0.2) is 42.5 Å². The molecule has 0 radical (unpaired) electrons. The highest BCUT2D eigenvalue weighted by atomic mass is 35.5. The zero-order valence-corrected chi connectivity index (χ0v) is 15.7. The largest absolute Gasteiger partial charge is 0.482 e. The van der Waals surface area contributed by atoms with Gasteiger partial charge in [0.15, 0.2) is 6.61 Å². The molecule has 2 aromatic carbocycles. The van der Waals surface area contributed by atoms with Gasteiger partial charge in [-0.05, 0) is 43.2 Å². The minimum Gasteiger partial charge on any atom is -0.482 e. The van der Waals surface area contributed by atoms with Gasteiger partial charge >= 0.3 is 0 Å². The Morgan fingerprint density at radius 3 is 2.60 bits per heavy atom. The molecule has 0 bridgehead atoms. The molecule has 2 rings (SSSR count). The van der Waals surface area contributed by atoms with E-state index in [0.717, 1.165) is 11.1 Å². The molecule has 6 heteroatoms. The molecule has 0 spiro atoms. The molecule has 2 aromatic rings. The molecule has 0 unspecified atom stereocenters. The predicted molar refractivity (Wildman–Crippen MR) is 100 cm³/mol. The van der Waals surface area contributed by atoms with Crippen LogP contribution >= 0.6 is 23.2 Å². The van der Waals surface area contributed by atoms with Crippen LogP contribution in [0.5, 0.6) is 5.75 Å². The summed E-state index contributed by atoms with van der Waals surface area (Å²) in [4.78, 5) is 11.9. The number of ether oxygens (including phenoxy) is 2. The number of benzene rings is 2. The lowest BCUT2D eigenvalue weighted by atomic mass is 10.1. The van der Waals surface area contributed by atoms with Crippen LogP contribution in [-0.2, 0) is 22.7 Å². The number of nitrogens with one attached hydrogen (secondary N) is 1. The minimum absolute atomic E-state index is 0.114. The fourth-order valence-electron chi connectivity index (χ4n) is 2.08. The van der Waals surface area contributed by atoms with Gasteiger partial charge in [-0.2, -0.15) is 0 Å². The molecule has 0 aliphatic heterocycles. The molecular formula is C19H21Cl2NO3. The fraction of sp³-hybridized carbons (Fsp3) is 0.316. The standard InChI is InChI=1S/C19H21Cl2NO3/c1-13(2)24-11-15-5-3-4-14(8-15)10-22-19(23)12-25-18-7-6-16(20)9-17(18)21/h3-9,13H,10-12H2,1-2H3,(H,22,23). The summed E-state index contributed by atoms with van der Waals surface area (Å²) in [6.45, 7) is 4.86. The first kappa shape index (κ1) is 19.6. The van der Waals surface area contributed by atoms with Crippen LogP contribution in [0.3, 0.4) is 0 Å². The van der Waals surface area contributed by atoms with E-state index in [1.165, 1.54) is 0 Å². The summed E-state index contributed by atoms with van der Waals surface area (Å²) >= 11 is 11.8. The lowest BCUT2D eigenvalue weighted by Gasteiger charge is -2.11. The molecule has 0 aliphatic rings. The van der Waals surface area contributed by atoms with Crippen molar-refractivity contribution in [3.8, 4) is 5.75 Å². The maximum Gasteiger partial charge on any atom is 0.258 e. The Morgan fingerprint density at radius 2 is 1.88 bits per heavy atom. The first-order valence-electron chi connectivity index (χ1n) is 7.98. The van der Waals surface area contributed by atoms with E-state index in [1.807, 2.05) is 38.1 Å². The van der Waals surface area contributed by atoms with Gasteiger partial charge in [-0.1, -0.05) is 47.5 Å². The van der Waals surface area contributed by atoms with Crippen molar-refractivity contribution in [1.29, 1.82) is 0 Å². The molecule has 1 amide bonds. The Bertz CT molecular complexity index is 720. The molecular weight excluding hydrogens is 361 g/mol. The van der Waals surface area contributed by atoms with Gasteiger partial charge in [0.25, 0.3) is 5.91 Å². The van der Waals surface area contributed by atoms with Gasteiger partial charge in [0.1, 0.15) is 5.75 Å². The minimum atomic E-state index is -0.227. The van der Waals surface area contributed by atoms with Crippen molar-refractivity contribution in [3.63, 3.8) is 0 Å². The Morgan fingerprint density at radius 1 is 1.12 bits per heavy atom. The first-order valence-corrected chi connectivity index (χ1v) is 8.73. The second-order valence-electron chi connectivity index (χ2n) is 5.82. The second kappa shape index (κ2) is 9.66. The van der Waals surface area contributed by atoms with Crippen LogP contribution in [-0.4, -0.2) is 18.6 Å². The van der Waals surface area contributed by atoms with E-state index in [2.05, 4.69) is 5.32 Å². The molecule has 1 N–H and O–H groups in total. The quantitative estimate of drug-likeness (QED) is 0.725. The summed E-state index contributed by atoms with van der Waals surface area (Å²) in [5.41, 5.74) is 2.08. The predicted octanol–water partition coefficient (Wildman–Crippen LogP) is 4.61. The summed E-state index contributed by atoms with van der Waals surface area (Å²) in [6.07, 6.45) is 0.181. The fourth-order valence-corrected chi connectivity index (χ4v) is 2.54. The van der Waals surface area contributed by atoms with Crippen LogP contribution in [0.25, 0.3) is 0 Å². The lowest BCUT2D eigenvalue weighted by molar-refractivity contribution is -0.123. The normalized spacial score (nSPS) is 10.8. The van der Waals surface area contributed by atoms with Gasteiger partial charge in [-0.15, -0.1) is 0 Å². The molecule has 0 aliphatic carbocycles. The highest BCUT2D eigenvalue weighted by molar-refractivity contribution is 6.35. The van der Waals surface area contributed by atoms with Crippen molar-refractivity contribution in [1.82, 2.24) is 5.32 Å². The Labute approximate surface area is 158 Å². The van der Waals surface area contributed by atoms with Gasteiger partial charge < -0.3 is 14.8 Å². The third-order valence-corrected chi connectivity index (χ3v) is 3.85. The molecule has 0 atom stereocenters. The number of hydrogen-bond acceptors (Lipinski definition) is 3. The Balaban J connectivity index is 1.80. The highest BCUT2D eigenvalue weighted by Crippen LogP contribution is 2.27. The van der Waals surface area contributed by atoms with Crippen molar-refractivity contribution in [3.05, 3.63) is 63.6 Å². The van der Waals surface area contributed by atoms with Crippen LogP contribution in [0, 0.1) is 0 Å². The van der Waals surface area contributed by atoms with Gasteiger partial charge in [0.2, 0.25) is 0 Å².